The molecule has 1 aromatic carbocycles. The monoisotopic (exact) mass is 664 g/mol. The van der Waals surface area contributed by atoms with Gasteiger partial charge in [-0.25, -0.2) is 14.2 Å². The van der Waals surface area contributed by atoms with Gasteiger partial charge in [0.05, 0.1) is 19.8 Å². The first-order valence-electron chi connectivity index (χ1n) is 18.2. The summed E-state index contributed by atoms with van der Waals surface area (Å²) in [5, 5.41) is 8.45. The summed E-state index contributed by atoms with van der Waals surface area (Å²) in [6.07, 6.45) is 10.6. The lowest BCUT2D eigenvalue weighted by Gasteiger charge is -2.57. The van der Waals surface area contributed by atoms with Gasteiger partial charge in [-0.2, -0.15) is 0 Å². The molecule has 4 saturated heterocycles. The maximum absolute atomic E-state index is 14.7. The Bertz CT molecular complexity index is 1750. The van der Waals surface area contributed by atoms with E-state index >= 15 is 0 Å². The van der Waals surface area contributed by atoms with Crippen LogP contribution < -0.4 is 9.64 Å². The van der Waals surface area contributed by atoms with Crippen molar-refractivity contribution in [3.63, 3.8) is 0 Å². The summed E-state index contributed by atoms with van der Waals surface area (Å²) in [5.41, 5.74) is 2.95. The van der Waals surface area contributed by atoms with Crippen LogP contribution in [-0.2, 0) is 4.74 Å². The van der Waals surface area contributed by atoms with Crippen molar-refractivity contribution >= 4 is 11.5 Å². The van der Waals surface area contributed by atoms with Crippen LogP contribution in [0.3, 0.4) is 0 Å². The zero-order valence-electron chi connectivity index (χ0n) is 28.5. The molecule has 0 bridgehead atoms. The quantitative estimate of drug-likeness (QED) is 0.249. The summed E-state index contributed by atoms with van der Waals surface area (Å²) < 4.78 is 26.9. The van der Waals surface area contributed by atoms with Crippen LogP contribution in [-0.4, -0.2) is 94.5 Å². The van der Waals surface area contributed by atoms with Gasteiger partial charge in [0.1, 0.15) is 17.9 Å². The molecule has 9 rings (SSSR count). The van der Waals surface area contributed by atoms with E-state index in [2.05, 4.69) is 53.6 Å². The molecule has 0 N–H and O–H groups in total. The van der Waals surface area contributed by atoms with E-state index in [0.717, 1.165) is 93.6 Å². The molecule has 11 heteroatoms. The summed E-state index contributed by atoms with van der Waals surface area (Å²) >= 11 is 0. The molecule has 4 aliphatic heterocycles. The molecule has 49 heavy (non-hydrogen) atoms. The molecule has 3 aromatic rings. The first kappa shape index (κ1) is 31.3. The zero-order valence-corrected chi connectivity index (χ0v) is 28.5. The second kappa shape index (κ2) is 12.3. The summed E-state index contributed by atoms with van der Waals surface area (Å²) in [5.74, 6) is 4.25. The summed E-state index contributed by atoms with van der Waals surface area (Å²) in [4.78, 5) is 20.5. The number of anilines is 1. The van der Waals surface area contributed by atoms with E-state index in [0.29, 0.717) is 40.7 Å². The van der Waals surface area contributed by atoms with Crippen molar-refractivity contribution in [2.75, 3.05) is 57.4 Å². The predicted octanol–water partition coefficient (Wildman–Crippen LogP) is 6.19. The minimum atomic E-state index is -0.378. The van der Waals surface area contributed by atoms with Gasteiger partial charge in [-0.15, -0.1) is 10.2 Å². The third kappa shape index (κ3) is 5.66. The lowest BCUT2D eigenvalue weighted by molar-refractivity contribution is -0.0792. The fourth-order valence-corrected chi connectivity index (χ4v) is 9.90. The molecule has 2 aromatic heterocycles. The number of aromatic nitrogens is 4. The van der Waals surface area contributed by atoms with Gasteiger partial charge in [-0.3, -0.25) is 14.8 Å². The van der Waals surface area contributed by atoms with Crippen LogP contribution in [0.1, 0.15) is 57.4 Å². The molecule has 6 aliphatic rings. The van der Waals surface area contributed by atoms with E-state index in [9.17, 15) is 4.39 Å². The van der Waals surface area contributed by atoms with Crippen molar-refractivity contribution in [3.8, 4) is 22.8 Å². The van der Waals surface area contributed by atoms with Crippen molar-refractivity contribution in [2.24, 2.45) is 29.1 Å². The van der Waals surface area contributed by atoms with Crippen LogP contribution in [0.15, 0.2) is 36.9 Å². The van der Waals surface area contributed by atoms with Crippen LogP contribution in [0.4, 0.5) is 15.9 Å². The Kier molecular flexibility index (Phi) is 7.82. The van der Waals surface area contributed by atoms with Gasteiger partial charge in [-0.1, -0.05) is 13.8 Å². The minimum Gasteiger partial charge on any atom is -0.434 e. The topological polar surface area (TPSA) is 84.1 Å². The van der Waals surface area contributed by atoms with Crippen LogP contribution in [0, 0.1) is 41.5 Å². The standard InChI is InChI=1S/C38H45FN8O2/c1-23(2)35(25-10-29(11-25)46-15-26-17-48-18-27(26)16-46)47-20-38(21-47)8-9-45(19-38)36-37(44-43-22-42-36)49-33-7-6-28(39)12-30(33)31-13-41-14-32(40-3)34(31)24-4-5-24/h6-7,12-14,22-27,29,35H,4-5,8-11,15-21H2,1-2H3/t25?,26-,27+,29?,35?. The number of hydrogen-bond donors (Lipinski definition) is 0. The van der Waals surface area contributed by atoms with E-state index in [-0.39, 0.29) is 17.2 Å². The number of ether oxygens (including phenoxy) is 2. The average Bonchev–Trinajstić information content (AvgIpc) is 3.44. The predicted molar refractivity (Wildman–Crippen MR) is 183 cm³/mol. The summed E-state index contributed by atoms with van der Waals surface area (Å²) in [6, 6.07) is 5.87. The molecule has 6 heterocycles. The molecule has 0 amide bonds. The average molecular weight is 665 g/mol. The second-order valence-corrected chi connectivity index (χ2v) is 16.0. The highest BCUT2D eigenvalue weighted by Crippen LogP contribution is 2.51. The molecule has 1 spiro atoms. The van der Waals surface area contributed by atoms with E-state index < -0.39 is 0 Å². The fraction of sp³-hybridized carbons (Fsp3) is 0.605. The van der Waals surface area contributed by atoms with Crippen molar-refractivity contribution in [3.05, 3.63) is 59.7 Å². The largest absolute Gasteiger partial charge is 0.434 e. The first-order chi connectivity index (χ1) is 23.9. The SMILES string of the molecule is [C-]#[N+]c1cncc(-c2cc(F)ccc2Oc2nncnc2N2CCC3(C2)CN(C(C(C)C)C2CC(N4C[C@H]5COC[C@H]5C4)C2)C3)c1C1CC1. The summed E-state index contributed by atoms with van der Waals surface area (Å²) in [6.45, 7) is 20.9. The smallest absolute Gasteiger partial charge is 0.282 e. The third-order valence-corrected chi connectivity index (χ3v) is 12.4. The molecule has 2 saturated carbocycles. The minimum absolute atomic E-state index is 0.233. The molecular weight excluding hydrogens is 619 g/mol. The third-order valence-electron chi connectivity index (χ3n) is 12.4. The van der Waals surface area contributed by atoms with Crippen LogP contribution in [0.25, 0.3) is 16.0 Å². The molecular formula is C38H45FN8O2. The molecule has 256 valence electrons. The Balaban J connectivity index is 0.884. The van der Waals surface area contributed by atoms with Gasteiger partial charge in [0.15, 0.2) is 5.82 Å². The molecule has 1 unspecified atom stereocenters. The molecule has 3 atom stereocenters. The Morgan fingerprint density at radius 3 is 2.59 bits per heavy atom. The van der Waals surface area contributed by atoms with Crippen molar-refractivity contribution in [2.45, 2.75) is 64.0 Å². The van der Waals surface area contributed by atoms with Crippen molar-refractivity contribution in [1.82, 2.24) is 30.0 Å². The Morgan fingerprint density at radius 2 is 1.86 bits per heavy atom. The highest BCUT2D eigenvalue weighted by Gasteiger charge is 2.54. The van der Waals surface area contributed by atoms with E-state index in [1.54, 1.807) is 18.5 Å². The van der Waals surface area contributed by atoms with Gasteiger partial charge >= 0.3 is 0 Å². The number of likely N-dealkylation sites (tertiary alicyclic amines) is 2. The maximum Gasteiger partial charge on any atom is 0.282 e. The van der Waals surface area contributed by atoms with Gasteiger partial charge in [0, 0.05) is 86.6 Å². The number of benzene rings is 1. The number of hydrogen-bond acceptors (Lipinski definition) is 9. The number of fused-ring (bicyclic) bond motifs is 1. The van der Waals surface area contributed by atoms with Crippen LogP contribution in [0.2, 0.25) is 0 Å². The molecule has 10 nitrogen and oxygen atoms in total. The number of rotatable bonds is 9. The highest BCUT2D eigenvalue weighted by atomic mass is 19.1. The van der Waals surface area contributed by atoms with E-state index in [1.807, 2.05) is 0 Å². The normalized spacial score (nSPS) is 28.3. The zero-order chi connectivity index (χ0) is 33.3. The Morgan fingerprint density at radius 1 is 1.06 bits per heavy atom. The van der Waals surface area contributed by atoms with E-state index in [1.165, 1.54) is 44.4 Å². The van der Waals surface area contributed by atoms with Crippen LogP contribution in [0.5, 0.6) is 11.6 Å². The van der Waals surface area contributed by atoms with Crippen LogP contribution >= 0.6 is 0 Å². The van der Waals surface area contributed by atoms with Gasteiger partial charge in [0.25, 0.3) is 5.88 Å². The Hall–Kier alpha value is -3.72. The lowest BCUT2D eigenvalue weighted by Crippen LogP contribution is -2.65. The summed E-state index contributed by atoms with van der Waals surface area (Å²) in [7, 11) is 0. The van der Waals surface area contributed by atoms with Crippen molar-refractivity contribution < 1.29 is 13.9 Å². The fourth-order valence-electron chi connectivity index (χ4n) is 9.90. The van der Waals surface area contributed by atoms with Gasteiger partial charge < -0.3 is 14.4 Å². The maximum atomic E-state index is 14.7. The van der Waals surface area contributed by atoms with Gasteiger partial charge in [-0.05, 0) is 79.2 Å². The Labute approximate surface area is 287 Å². The van der Waals surface area contributed by atoms with Crippen molar-refractivity contribution in [1.29, 1.82) is 0 Å². The van der Waals surface area contributed by atoms with E-state index in [4.69, 9.17) is 16.0 Å². The number of halogens is 1. The lowest BCUT2D eigenvalue weighted by atomic mass is 9.68. The number of nitrogens with zero attached hydrogens (tertiary/aromatic N) is 8. The second-order valence-electron chi connectivity index (χ2n) is 16.0. The molecule has 6 fully saturated rings. The molecule has 0 radical (unpaired) electrons. The first-order valence-corrected chi connectivity index (χ1v) is 18.2. The molecule has 2 aliphatic carbocycles. The highest BCUT2D eigenvalue weighted by molar-refractivity contribution is 5.79. The number of pyridine rings is 1. The van der Waals surface area contributed by atoms with Gasteiger partial charge in [0.2, 0.25) is 5.69 Å².